The van der Waals surface area contributed by atoms with E-state index in [1.54, 1.807) is 6.26 Å². The third kappa shape index (κ3) is 3.18. The van der Waals surface area contributed by atoms with Crippen LogP contribution in [0.4, 0.5) is 5.69 Å². The van der Waals surface area contributed by atoms with Gasteiger partial charge in [0, 0.05) is 31.7 Å². The van der Waals surface area contributed by atoms with Gasteiger partial charge in [0.15, 0.2) is 5.76 Å². The molecular formula is C18H22N2O3. The fourth-order valence-electron chi connectivity index (χ4n) is 2.88. The average molecular weight is 314 g/mol. The minimum Gasteiger partial charge on any atom is -0.492 e. The van der Waals surface area contributed by atoms with E-state index in [1.165, 1.54) is 0 Å². The van der Waals surface area contributed by atoms with Crippen LogP contribution < -0.4 is 9.64 Å². The number of ether oxygens (including phenoxy) is 1. The molecule has 1 fully saturated rings. The molecule has 5 nitrogen and oxygen atoms in total. The first-order valence-electron chi connectivity index (χ1n) is 8.01. The summed E-state index contributed by atoms with van der Waals surface area (Å²) in [5.74, 6) is 1.33. The van der Waals surface area contributed by atoms with E-state index < -0.39 is 0 Å². The second-order valence-electron chi connectivity index (χ2n) is 5.61. The molecule has 3 rings (SSSR count). The smallest absolute Gasteiger partial charge is 0.289 e. The number of benzene rings is 1. The van der Waals surface area contributed by atoms with Gasteiger partial charge in [-0.05, 0) is 32.0 Å². The summed E-state index contributed by atoms with van der Waals surface area (Å²) in [5, 5.41) is 0. The number of hydrogen-bond acceptors (Lipinski definition) is 4. The summed E-state index contributed by atoms with van der Waals surface area (Å²) in [5.41, 5.74) is 1.98. The quantitative estimate of drug-likeness (QED) is 0.870. The molecule has 2 aromatic rings. The largest absolute Gasteiger partial charge is 0.492 e. The van der Waals surface area contributed by atoms with Gasteiger partial charge in [0.25, 0.3) is 5.91 Å². The van der Waals surface area contributed by atoms with E-state index in [9.17, 15) is 4.79 Å². The summed E-state index contributed by atoms with van der Waals surface area (Å²) in [4.78, 5) is 16.6. The third-order valence-electron chi connectivity index (χ3n) is 4.13. The lowest BCUT2D eigenvalue weighted by Crippen LogP contribution is -2.49. The van der Waals surface area contributed by atoms with Crippen molar-refractivity contribution in [1.82, 2.24) is 4.90 Å². The Labute approximate surface area is 136 Å². The van der Waals surface area contributed by atoms with Crippen molar-refractivity contribution in [2.45, 2.75) is 13.8 Å². The van der Waals surface area contributed by atoms with Crippen LogP contribution in [-0.4, -0.2) is 43.6 Å². The van der Waals surface area contributed by atoms with Crippen molar-refractivity contribution in [1.29, 1.82) is 0 Å². The second-order valence-corrected chi connectivity index (χ2v) is 5.61. The first-order chi connectivity index (χ1) is 11.2. The van der Waals surface area contributed by atoms with Crippen molar-refractivity contribution in [3.8, 4) is 5.75 Å². The van der Waals surface area contributed by atoms with Crippen molar-refractivity contribution in [3.63, 3.8) is 0 Å². The number of aryl methyl sites for hydroxylation is 1. The molecule has 0 spiro atoms. The van der Waals surface area contributed by atoms with Crippen molar-refractivity contribution >= 4 is 11.6 Å². The zero-order valence-electron chi connectivity index (χ0n) is 13.6. The van der Waals surface area contributed by atoms with Gasteiger partial charge < -0.3 is 19.0 Å². The summed E-state index contributed by atoms with van der Waals surface area (Å²) in [6, 6.07) is 9.87. The molecule has 1 amide bonds. The van der Waals surface area contributed by atoms with Crippen LogP contribution in [-0.2, 0) is 0 Å². The lowest BCUT2D eigenvalue weighted by molar-refractivity contribution is 0.0713. The highest BCUT2D eigenvalue weighted by atomic mass is 16.5. The minimum absolute atomic E-state index is 0.0229. The van der Waals surface area contributed by atoms with Gasteiger partial charge in [-0.2, -0.15) is 0 Å². The molecule has 1 aliphatic rings. The number of rotatable bonds is 4. The Balaban J connectivity index is 1.67. The lowest BCUT2D eigenvalue weighted by Gasteiger charge is -2.36. The maximum Gasteiger partial charge on any atom is 0.289 e. The van der Waals surface area contributed by atoms with Gasteiger partial charge in [0.05, 0.1) is 18.6 Å². The SMILES string of the molecule is CCOc1ccccc1N1CCN(C(=O)c2occc2C)CC1. The number of piperazine rings is 1. The predicted octanol–water partition coefficient (Wildman–Crippen LogP) is 2.95. The Morgan fingerprint density at radius 1 is 1.17 bits per heavy atom. The molecule has 1 saturated heterocycles. The Kier molecular flexibility index (Phi) is 4.55. The first-order valence-corrected chi connectivity index (χ1v) is 8.01. The van der Waals surface area contributed by atoms with Crippen LogP contribution in [0, 0.1) is 6.92 Å². The fraction of sp³-hybridized carbons (Fsp3) is 0.389. The van der Waals surface area contributed by atoms with Crippen molar-refractivity contribution in [3.05, 3.63) is 47.9 Å². The number of anilines is 1. The number of nitrogens with zero attached hydrogens (tertiary/aromatic N) is 2. The highest BCUT2D eigenvalue weighted by Crippen LogP contribution is 2.29. The highest BCUT2D eigenvalue weighted by Gasteiger charge is 2.26. The van der Waals surface area contributed by atoms with E-state index in [0.717, 1.165) is 30.1 Å². The molecule has 5 heteroatoms. The maximum absolute atomic E-state index is 12.5. The molecular weight excluding hydrogens is 292 g/mol. The van der Waals surface area contributed by atoms with E-state index in [0.29, 0.717) is 25.5 Å². The zero-order chi connectivity index (χ0) is 16.2. The van der Waals surface area contributed by atoms with E-state index in [2.05, 4.69) is 11.0 Å². The molecule has 0 aliphatic carbocycles. The topological polar surface area (TPSA) is 45.9 Å². The van der Waals surface area contributed by atoms with E-state index in [1.807, 2.05) is 43.0 Å². The van der Waals surface area contributed by atoms with Crippen molar-refractivity contribution in [2.24, 2.45) is 0 Å². The number of para-hydroxylation sites is 2. The minimum atomic E-state index is -0.0229. The molecule has 0 unspecified atom stereocenters. The average Bonchev–Trinajstić information content (AvgIpc) is 3.01. The van der Waals surface area contributed by atoms with Crippen LogP contribution in [0.5, 0.6) is 5.75 Å². The number of amides is 1. The number of furan rings is 1. The van der Waals surface area contributed by atoms with Gasteiger partial charge in [-0.1, -0.05) is 12.1 Å². The van der Waals surface area contributed by atoms with Crippen LogP contribution in [0.15, 0.2) is 41.0 Å². The summed E-state index contributed by atoms with van der Waals surface area (Å²) >= 11 is 0. The predicted molar refractivity (Wildman–Crippen MR) is 89.2 cm³/mol. The highest BCUT2D eigenvalue weighted by molar-refractivity contribution is 5.93. The van der Waals surface area contributed by atoms with E-state index in [-0.39, 0.29) is 5.91 Å². The molecule has 122 valence electrons. The summed E-state index contributed by atoms with van der Waals surface area (Å²) < 4.78 is 11.0. The Morgan fingerprint density at radius 2 is 1.91 bits per heavy atom. The van der Waals surface area contributed by atoms with Crippen LogP contribution in [0.2, 0.25) is 0 Å². The van der Waals surface area contributed by atoms with Crippen molar-refractivity contribution in [2.75, 3.05) is 37.7 Å². The lowest BCUT2D eigenvalue weighted by atomic mass is 10.2. The molecule has 1 aliphatic heterocycles. The molecule has 0 atom stereocenters. The number of hydrogen-bond donors (Lipinski definition) is 0. The fourth-order valence-corrected chi connectivity index (χ4v) is 2.88. The maximum atomic E-state index is 12.5. The van der Waals surface area contributed by atoms with Gasteiger partial charge >= 0.3 is 0 Å². The molecule has 0 N–H and O–H groups in total. The summed E-state index contributed by atoms with van der Waals surface area (Å²) in [7, 11) is 0. The summed E-state index contributed by atoms with van der Waals surface area (Å²) in [6.07, 6.45) is 1.57. The molecule has 1 aromatic heterocycles. The molecule has 23 heavy (non-hydrogen) atoms. The monoisotopic (exact) mass is 314 g/mol. The third-order valence-corrected chi connectivity index (χ3v) is 4.13. The Hall–Kier alpha value is -2.43. The van der Waals surface area contributed by atoms with Gasteiger partial charge in [0.1, 0.15) is 5.75 Å². The normalized spacial score (nSPS) is 14.9. The number of carbonyl (C=O) groups is 1. The Bertz CT molecular complexity index is 672. The first kappa shape index (κ1) is 15.5. The Morgan fingerprint density at radius 3 is 2.57 bits per heavy atom. The van der Waals surface area contributed by atoms with E-state index in [4.69, 9.17) is 9.15 Å². The molecule has 2 heterocycles. The van der Waals surface area contributed by atoms with Crippen LogP contribution in [0.25, 0.3) is 0 Å². The van der Waals surface area contributed by atoms with Gasteiger partial charge in [-0.15, -0.1) is 0 Å². The molecule has 1 aromatic carbocycles. The second kappa shape index (κ2) is 6.77. The molecule has 0 radical (unpaired) electrons. The molecule has 0 saturated carbocycles. The van der Waals surface area contributed by atoms with E-state index >= 15 is 0 Å². The van der Waals surface area contributed by atoms with Crippen LogP contribution >= 0.6 is 0 Å². The van der Waals surface area contributed by atoms with Crippen LogP contribution in [0.1, 0.15) is 23.0 Å². The van der Waals surface area contributed by atoms with Gasteiger partial charge in [-0.25, -0.2) is 0 Å². The van der Waals surface area contributed by atoms with Crippen LogP contribution in [0.3, 0.4) is 0 Å². The molecule has 0 bridgehead atoms. The van der Waals surface area contributed by atoms with Gasteiger partial charge in [-0.3, -0.25) is 4.79 Å². The standard InChI is InChI=1S/C18H22N2O3/c1-3-22-16-7-5-4-6-15(16)19-9-11-20(12-10-19)18(21)17-14(2)8-13-23-17/h4-8,13H,3,9-12H2,1-2H3. The summed E-state index contributed by atoms with van der Waals surface area (Å²) in [6.45, 7) is 7.46. The number of carbonyl (C=O) groups excluding carboxylic acids is 1. The van der Waals surface area contributed by atoms with Gasteiger partial charge in [0.2, 0.25) is 0 Å². The van der Waals surface area contributed by atoms with Crippen molar-refractivity contribution < 1.29 is 13.9 Å². The zero-order valence-corrected chi connectivity index (χ0v) is 13.6.